The topological polar surface area (TPSA) is 328 Å². The number of aromatic nitrogens is 1. The Kier molecular flexibility index (Phi) is 41.8. The second-order valence-corrected chi connectivity index (χ2v) is 23.4. The number of hydrogen-bond acceptors (Lipinski definition) is 22. The Bertz CT molecular complexity index is 2670. The molecule has 26 heteroatoms. The molecule has 6 atom stereocenters. The third kappa shape index (κ3) is 34.0. The first-order chi connectivity index (χ1) is 43.6. The van der Waals surface area contributed by atoms with Crippen molar-refractivity contribution in [2.45, 2.75) is 169 Å². The Balaban J connectivity index is 0.00000921. The van der Waals surface area contributed by atoms with Gasteiger partial charge >= 0.3 is 18.1 Å². The molecule has 1 aromatic carbocycles. The van der Waals surface area contributed by atoms with Crippen molar-refractivity contribution in [2.24, 2.45) is 17.8 Å². The van der Waals surface area contributed by atoms with E-state index < -0.39 is 53.5 Å². The fraction of sp³-hybridized carbons (Fsp3) is 0.677. The number of Topliss-reactive ketones (excluding diaryl/α,β-unsaturated/α-hetero) is 3. The predicted octanol–water partition coefficient (Wildman–Crippen LogP) is 5.82. The number of rotatable bonds is 45. The quantitative estimate of drug-likeness (QED) is 0.0199. The number of ether oxygens (including phenoxy) is 7. The van der Waals surface area contributed by atoms with Gasteiger partial charge in [-0.25, -0.2) is 4.98 Å². The Hall–Kier alpha value is -6.66. The number of anilines is 1. The molecule has 2 heterocycles. The van der Waals surface area contributed by atoms with Crippen molar-refractivity contribution in [3.8, 4) is 17.6 Å². The van der Waals surface area contributed by atoms with Crippen LogP contribution in [0.25, 0.3) is 0 Å². The van der Waals surface area contributed by atoms with Crippen LogP contribution < -0.4 is 20.7 Å². The molecule has 0 bridgehead atoms. The number of ketones is 3. The highest BCUT2D eigenvalue weighted by Crippen LogP contribution is 2.33. The van der Waals surface area contributed by atoms with Gasteiger partial charge in [-0.1, -0.05) is 59.9 Å². The van der Waals surface area contributed by atoms with E-state index in [2.05, 4.69) is 37.7 Å². The number of nitrogens with zero attached hydrogens (tertiary/aromatic N) is 3. The molecule has 1 saturated heterocycles. The van der Waals surface area contributed by atoms with Crippen LogP contribution in [0.3, 0.4) is 0 Å². The summed E-state index contributed by atoms with van der Waals surface area (Å²) in [6.45, 7) is 16.2. The van der Waals surface area contributed by atoms with E-state index in [-0.39, 0.29) is 130 Å². The summed E-state index contributed by atoms with van der Waals surface area (Å²) in [7, 11) is 3.72. The summed E-state index contributed by atoms with van der Waals surface area (Å²) < 4.78 is 38.3. The summed E-state index contributed by atoms with van der Waals surface area (Å²) >= 11 is 1.18. The molecule has 508 valence electrons. The Morgan fingerprint density at radius 1 is 0.813 bits per heavy atom. The average Bonchev–Trinajstić information content (AvgIpc) is 1.84. The molecule has 2 aromatic rings. The summed E-state index contributed by atoms with van der Waals surface area (Å²) in [5.74, 6) is 1.05. The molecule has 91 heavy (non-hydrogen) atoms. The van der Waals surface area contributed by atoms with Gasteiger partial charge in [-0.3, -0.25) is 48.1 Å². The molecule has 4 N–H and O–H groups in total. The molecule has 1 aliphatic rings. The zero-order valence-corrected chi connectivity index (χ0v) is 55.5. The average molecular weight is 1300 g/mol. The van der Waals surface area contributed by atoms with Gasteiger partial charge < -0.3 is 59.1 Å². The van der Waals surface area contributed by atoms with Crippen molar-refractivity contribution in [3.05, 3.63) is 39.8 Å². The number of thiazole rings is 1. The third-order valence-corrected chi connectivity index (χ3v) is 15.8. The number of hydrogen-bond donors (Lipinski definition) is 4. The van der Waals surface area contributed by atoms with E-state index in [1.165, 1.54) is 25.2 Å². The molecule has 25 nitrogen and oxygen atoms in total. The van der Waals surface area contributed by atoms with Gasteiger partial charge in [-0.2, -0.15) is 9.59 Å². The normalized spacial score (nSPS) is 14.6. The maximum atomic E-state index is 14.4. The fourth-order valence-electron chi connectivity index (χ4n) is 9.95. The van der Waals surface area contributed by atoms with Crippen LogP contribution in [-0.2, 0) is 82.8 Å². The first kappa shape index (κ1) is 80.4. The van der Waals surface area contributed by atoms with Crippen LogP contribution in [0.5, 0.6) is 5.75 Å². The van der Waals surface area contributed by atoms with E-state index in [0.29, 0.717) is 83.2 Å². The van der Waals surface area contributed by atoms with Gasteiger partial charge in [0.1, 0.15) is 16.5 Å². The van der Waals surface area contributed by atoms with Crippen molar-refractivity contribution in [2.75, 3.05) is 105 Å². The number of amides is 4. The summed E-state index contributed by atoms with van der Waals surface area (Å²) in [5.41, 5.74) is 1.10. The third-order valence-electron chi connectivity index (χ3n) is 14.9. The van der Waals surface area contributed by atoms with Gasteiger partial charge in [0.15, 0.2) is 17.6 Å². The Morgan fingerprint density at radius 3 is 2.10 bits per heavy atom. The number of piperidine rings is 1. The number of benzene rings is 1. The van der Waals surface area contributed by atoms with E-state index in [0.717, 1.165) is 44.2 Å². The van der Waals surface area contributed by atoms with Crippen molar-refractivity contribution >= 4 is 76.1 Å². The highest BCUT2D eigenvalue weighted by atomic mass is 32.1. The number of carbonyl (C=O) groups is 9. The minimum atomic E-state index is -0.867. The van der Waals surface area contributed by atoms with Crippen molar-refractivity contribution in [1.29, 1.82) is 0 Å². The lowest BCUT2D eigenvalue weighted by Crippen LogP contribution is -2.48. The van der Waals surface area contributed by atoms with Crippen molar-refractivity contribution < 1.29 is 91.0 Å². The van der Waals surface area contributed by atoms with E-state index in [4.69, 9.17) is 47.9 Å². The van der Waals surface area contributed by atoms with Crippen LogP contribution in [-0.4, -0.2) is 197 Å². The maximum absolute atomic E-state index is 14.4. The summed E-state index contributed by atoms with van der Waals surface area (Å²) in [4.78, 5) is 141. The van der Waals surface area contributed by atoms with E-state index in [1.807, 2.05) is 41.7 Å². The standard InChI is InChI=1S/C64H98N6O17S.CO2/c1-10-16-49(66-62(79)54-43-88-63(68-54)59(87-47(7)73)42-56(44(3)4)70(9)64(80)52(45(5)11-2)41-57(76)55-19-12-13-27-69(55)8)39-48-20-22-58(86-46(6)72)53(40-48)67-61(78)25-32-81-29-14-17-50(74)21-23-60(77)65-26-33-84-36-38-85-37-35-83-31-24-51(75)18-15-30-82-34-28-71;2-1-3/h20,22,40,43-45,49,52,55-56,59,71H,10-19,24-39,41-42H2,1-9H3,(H,65,77)(H,66,79)(H,67,78);/t45-,49+,52-,55+,56+,59+;/m0./s1. The lowest BCUT2D eigenvalue weighted by molar-refractivity contribution is -0.192. The largest absolute Gasteiger partial charge is 0.455 e. The Labute approximate surface area is 539 Å². The number of likely N-dealkylation sites (tertiary alicyclic amines) is 1. The number of aliphatic hydroxyl groups is 1. The number of esters is 2. The molecule has 0 saturated carbocycles. The monoisotopic (exact) mass is 1300 g/mol. The molecule has 3 rings (SSSR count). The van der Waals surface area contributed by atoms with E-state index >= 15 is 0 Å². The van der Waals surface area contributed by atoms with Gasteiger partial charge in [-0.15, -0.1) is 11.3 Å². The van der Waals surface area contributed by atoms with Crippen molar-refractivity contribution in [1.82, 2.24) is 25.4 Å². The van der Waals surface area contributed by atoms with Crippen LogP contribution >= 0.6 is 11.3 Å². The first-order valence-corrected chi connectivity index (χ1v) is 32.3. The molecule has 4 amide bonds. The highest BCUT2D eigenvalue weighted by molar-refractivity contribution is 7.09. The van der Waals surface area contributed by atoms with Crippen LogP contribution in [0.15, 0.2) is 23.6 Å². The number of aliphatic hydroxyl groups excluding tert-OH is 1. The minimum Gasteiger partial charge on any atom is -0.455 e. The molecule has 0 radical (unpaired) electrons. The number of likely N-dealkylation sites (N-methyl/N-ethyl adjacent to an activating group) is 1. The minimum absolute atomic E-state index is 0.0221. The summed E-state index contributed by atoms with van der Waals surface area (Å²) in [5, 5.41) is 19.1. The SMILES string of the molecule is CCC[C@H](Cc1ccc(OC(C)=O)c(NC(=O)CCOCCCC(=O)C#CC(=O)NCCOCCOCCOCCC(=O)CCCOCCO)c1)NC(=O)c1csc([C@@H](C[C@H](C(C)C)N(C)C(=O)[C@@H](CC(=O)[C@H]2CCCCN2C)[C@@H](C)CC)OC(C)=O)n1.O=C=O. The lowest BCUT2D eigenvalue weighted by atomic mass is 9.83. The zero-order valence-electron chi connectivity index (χ0n) is 54.7. The second kappa shape index (κ2) is 47.3. The highest BCUT2D eigenvalue weighted by Gasteiger charge is 2.38. The van der Waals surface area contributed by atoms with E-state index in [9.17, 15) is 43.2 Å². The maximum Gasteiger partial charge on any atom is 0.373 e. The number of nitrogens with one attached hydrogen (secondary N) is 3. The van der Waals surface area contributed by atoms with Crippen LogP contribution in [0.4, 0.5) is 5.69 Å². The molecule has 1 aromatic heterocycles. The zero-order chi connectivity index (χ0) is 67.5. The van der Waals surface area contributed by atoms with Gasteiger partial charge in [0.05, 0.1) is 77.6 Å². The summed E-state index contributed by atoms with van der Waals surface area (Å²) in [6.07, 6.45) is 6.54. The molecule has 0 unspecified atom stereocenters. The van der Waals surface area contributed by atoms with Gasteiger partial charge in [0.25, 0.3) is 11.8 Å². The molecular weight excluding hydrogens is 1200 g/mol. The summed E-state index contributed by atoms with van der Waals surface area (Å²) in [6, 6.07) is 4.01. The van der Waals surface area contributed by atoms with Crippen LogP contribution in [0.2, 0.25) is 0 Å². The van der Waals surface area contributed by atoms with Crippen LogP contribution in [0, 0.1) is 29.6 Å². The second-order valence-electron chi connectivity index (χ2n) is 22.5. The number of carbonyl (C=O) groups excluding carboxylic acids is 11. The molecule has 0 spiro atoms. The fourth-order valence-corrected chi connectivity index (χ4v) is 10.8. The lowest BCUT2D eigenvalue weighted by Gasteiger charge is -2.37. The smallest absolute Gasteiger partial charge is 0.373 e. The molecule has 0 aliphatic carbocycles. The molecule has 1 aliphatic heterocycles. The Morgan fingerprint density at radius 2 is 1.46 bits per heavy atom. The molecular formula is C65H98N6O19S. The van der Waals surface area contributed by atoms with E-state index in [1.54, 1.807) is 35.5 Å². The van der Waals surface area contributed by atoms with Crippen LogP contribution in [0.1, 0.15) is 166 Å². The predicted molar refractivity (Wildman–Crippen MR) is 336 cm³/mol. The van der Waals surface area contributed by atoms with Gasteiger partial charge in [-0.05, 0) is 87.6 Å². The molecule has 1 fully saturated rings. The van der Waals surface area contributed by atoms with Gasteiger partial charge in [0, 0.05) is 102 Å². The van der Waals surface area contributed by atoms with Gasteiger partial charge in [0.2, 0.25) is 17.6 Å². The van der Waals surface area contributed by atoms with Crippen molar-refractivity contribution in [3.63, 3.8) is 0 Å². The first-order valence-electron chi connectivity index (χ1n) is 31.5.